The van der Waals surface area contributed by atoms with Crippen LogP contribution in [0.5, 0.6) is 17.2 Å². The quantitative estimate of drug-likeness (QED) is 0.616. The van der Waals surface area contributed by atoms with Gasteiger partial charge in [-0.15, -0.1) is 0 Å². The Morgan fingerprint density at radius 3 is 2.31 bits per heavy atom. The van der Waals surface area contributed by atoms with Crippen LogP contribution in [0.15, 0.2) is 46.9 Å². The fourth-order valence-corrected chi connectivity index (χ4v) is 3.14. The Morgan fingerprint density at radius 2 is 1.72 bits per heavy atom. The summed E-state index contributed by atoms with van der Waals surface area (Å²) >= 11 is 0. The van der Waals surface area contributed by atoms with Gasteiger partial charge in [0.2, 0.25) is 11.7 Å². The van der Waals surface area contributed by atoms with Crippen molar-refractivity contribution in [3.8, 4) is 17.2 Å². The van der Waals surface area contributed by atoms with E-state index in [0.717, 1.165) is 16.7 Å². The summed E-state index contributed by atoms with van der Waals surface area (Å²) in [4.78, 5) is 14.5. The van der Waals surface area contributed by atoms with E-state index in [1.165, 1.54) is 21.3 Å². The molecule has 0 aliphatic rings. The number of nitrogens with one attached hydrogen (secondary N) is 1. The zero-order valence-electron chi connectivity index (χ0n) is 17.3. The second-order valence-electron chi connectivity index (χ2n) is 6.74. The topological polar surface area (TPSA) is 73.2 Å². The molecule has 154 valence electrons. The van der Waals surface area contributed by atoms with Crippen molar-refractivity contribution in [3.05, 3.63) is 48.2 Å². The van der Waals surface area contributed by atoms with E-state index in [0.29, 0.717) is 22.9 Å². The summed E-state index contributed by atoms with van der Waals surface area (Å²) in [6.07, 6.45) is 0. The van der Waals surface area contributed by atoms with Crippen molar-refractivity contribution < 1.29 is 23.4 Å². The van der Waals surface area contributed by atoms with Gasteiger partial charge in [0.25, 0.3) is 0 Å². The number of likely N-dealkylation sites (N-methyl/N-ethyl adjacent to an activating group) is 1. The molecule has 0 saturated carbocycles. The third-order valence-electron chi connectivity index (χ3n) is 4.86. The molecule has 3 rings (SSSR count). The molecule has 0 unspecified atom stereocenters. The first-order valence-corrected chi connectivity index (χ1v) is 9.25. The molecule has 0 aliphatic heterocycles. The molecule has 3 aromatic rings. The van der Waals surface area contributed by atoms with Gasteiger partial charge in [-0.2, -0.15) is 0 Å². The maximum absolute atomic E-state index is 12.6. The SMILES string of the molecule is COc1cc(NC(=O)CN(C)[C@H](C)c2cc3ccccc3o2)cc(OC)c1OC. The number of nitrogens with zero attached hydrogens (tertiary/aromatic N) is 1. The Labute approximate surface area is 170 Å². The summed E-state index contributed by atoms with van der Waals surface area (Å²) in [6.45, 7) is 2.19. The molecule has 1 amide bonds. The molecule has 1 aromatic heterocycles. The Hall–Kier alpha value is -3.19. The largest absolute Gasteiger partial charge is 0.493 e. The van der Waals surface area contributed by atoms with Gasteiger partial charge in [-0.3, -0.25) is 9.69 Å². The van der Waals surface area contributed by atoms with Crippen molar-refractivity contribution in [1.82, 2.24) is 4.90 Å². The highest BCUT2D eigenvalue weighted by atomic mass is 16.5. The summed E-state index contributed by atoms with van der Waals surface area (Å²) in [5.41, 5.74) is 1.40. The van der Waals surface area contributed by atoms with Crippen molar-refractivity contribution in [3.63, 3.8) is 0 Å². The monoisotopic (exact) mass is 398 g/mol. The maximum atomic E-state index is 12.6. The number of methoxy groups -OCH3 is 3. The second-order valence-corrected chi connectivity index (χ2v) is 6.74. The first kappa shape index (κ1) is 20.5. The van der Waals surface area contributed by atoms with Gasteiger partial charge in [-0.1, -0.05) is 18.2 Å². The summed E-state index contributed by atoms with van der Waals surface area (Å²) < 4.78 is 21.9. The van der Waals surface area contributed by atoms with Crippen LogP contribution >= 0.6 is 0 Å². The van der Waals surface area contributed by atoms with Crippen LogP contribution in [0, 0.1) is 0 Å². The lowest BCUT2D eigenvalue weighted by Gasteiger charge is -2.22. The highest BCUT2D eigenvalue weighted by Crippen LogP contribution is 2.40. The number of carbonyl (C=O) groups is 1. The smallest absolute Gasteiger partial charge is 0.238 e. The van der Waals surface area contributed by atoms with Crippen LogP contribution < -0.4 is 19.5 Å². The van der Waals surface area contributed by atoms with E-state index >= 15 is 0 Å². The normalized spacial score (nSPS) is 12.1. The number of furan rings is 1. The molecule has 0 aliphatic carbocycles. The standard InChI is InChI=1S/C22H26N2O5/c1-14(18-10-15-8-6-7-9-17(15)29-18)24(2)13-21(25)23-16-11-19(26-3)22(28-5)20(12-16)27-4/h6-12,14H,13H2,1-5H3,(H,23,25)/t14-/m1/s1. The van der Waals surface area contributed by atoms with Gasteiger partial charge in [-0.05, 0) is 26.1 Å². The number of para-hydroxylation sites is 1. The number of rotatable bonds is 8. The van der Waals surface area contributed by atoms with E-state index in [9.17, 15) is 4.79 Å². The second kappa shape index (κ2) is 8.87. The fourth-order valence-electron chi connectivity index (χ4n) is 3.14. The average Bonchev–Trinajstić information content (AvgIpc) is 3.16. The lowest BCUT2D eigenvalue weighted by Crippen LogP contribution is -2.32. The summed E-state index contributed by atoms with van der Waals surface area (Å²) in [7, 11) is 6.48. The Balaban J connectivity index is 1.69. The van der Waals surface area contributed by atoms with Gasteiger partial charge in [0, 0.05) is 23.2 Å². The van der Waals surface area contributed by atoms with E-state index in [4.69, 9.17) is 18.6 Å². The van der Waals surface area contributed by atoms with Gasteiger partial charge in [0.1, 0.15) is 11.3 Å². The molecule has 0 bridgehead atoms. The molecule has 29 heavy (non-hydrogen) atoms. The van der Waals surface area contributed by atoms with Gasteiger partial charge in [0.15, 0.2) is 11.5 Å². The molecule has 7 nitrogen and oxygen atoms in total. The van der Waals surface area contributed by atoms with Crippen LogP contribution in [0.1, 0.15) is 18.7 Å². The van der Waals surface area contributed by atoms with E-state index in [2.05, 4.69) is 5.32 Å². The first-order valence-electron chi connectivity index (χ1n) is 9.25. The van der Waals surface area contributed by atoms with E-state index < -0.39 is 0 Å². The van der Waals surface area contributed by atoms with Crippen LogP contribution in [-0.4, -0.2) is 45.7 Å². The predicted octanol–water partition coefficient (Wildman–Crippen LogP) is 4.09. The molecule has 1 heterocycles. The van der Waals surface area contributed by atoms with Gasteiger partial charge in [-0.25, -0.2) is 0 Å². The van der Waals surface area contributed by atoms with Crippen molar-refractivity contribution in [2.24, 2.45) is 0 Å². The minimum Gasteiger partial charge on any atom is -0.493 e. The molecule has 2 aromatic carbocycles. The molecule has 0 spiro atoms. The predicted molar refractivity (Wildman–Crippen MR) is 112 cm³/mol. The first-order chi connectivity index (χ1) is 14.0. The Bertz CT molecular complexity index is 940. The molecule has 1 N–H and O–H groups in total. The van der Waals surface area contributed by atoms with Crippen LogP contribution in [0.4, 0.5) is 5.69 Å². The Morgan fingerprint density at radius 1 is 1.07 bits per heavy atom. The van der Waals surface area contributed by atoms with Crippen LogP contribution in [0.25, 0.3) is 11.0 Å². The average molecular weight is 398 g/mol. The number of fused-ring (bicyclic) bond motifs is 1. The van der Waals surface area contributed by atoms with E-state index in [1.807, 2.05) is 49.2 Å². The fraction of sp³-hybridized carbons (Fsp3) is 0.318. The summed E-state index contributed by atoms with van der Waals surface area (Å²) in [5, 5.41) is 3.93. The molecular formula is C22H26N2O5. The van der Waals surface area contributed by atoms with Crippen molar-refractivity contribution in [2.45, 2.75) is 13.0 Å². The number of anilines is 1. The third kappa shape index (κ3) is 4.46. The number of hydrogen-bond donors (Lipinski definition) is 1. The van der Waals surface area contributed by atoms with E-state index in [-0.39, 0.29) is 18.5 Å². The lowest BCUT2D eigenvalue weighted by molar-refractivity contribution is -0.117. The van der Waals surface area contributed by atoms with E-state index in [1.54, 1.807) is 12.1 Å². The zero-order chi connectivity index (χ0) is 21.0. The summed E-state index contributed by atoms with van der Waals surface area (Å²) in [5.74, 6) is 2.08. The highest BCUT2D eigenvalue weighted by molar-refractivity contribution is 5.93. The van der Waals surface area contributed by atoms with Gasteiger partial charge >= 0.3 is 0 Å². The number of hydrogen-bond acceptors (Lipinski definition) is 6. The van der Waals surface area contributed by atoms with Gasteiger partial charge in [0.05, 0.1) is 33.9 Å². The lowest BCUT2D eigenvalue weighted by atomic mass is 10.2. The Kier molecular flexibility index (Phi) is 6.29. The molecule has 0 fully saturated rings. The minimum atomic E-state index is -0.162. The van der Waals surface area contributed by atoms with Crippen molar-refractivity contribution in [1.29, 1.82) is 0 Å². The molecule has 7 heteroatoms. The minimum absolute atomic E-state index is 0.0620. The molecule has 0 saturated heterocycles. The number of ether oxygens (including phenoxy) is 3. The summed E-state index contributed by atoms with van der Waals surface area (Å²) in [6, 6.07) is 13.2. The van der Waals surface area contributed by atoms with Gasteiger partial charge < -0.3 is 23.9 Å². The molecule has 1 atom stereocenters. The van der Waals surface area contributed by atoms with Crippen LogP contribution in [-0.2, 0) is 4.79 Å². The zero-order valence-corrected chi connectivity index (χ0v) is 17.3. The van der Waals surface area contributed by atoms with Crippen molar-refractivity contribution in [2.75, 3.05) is 40.2 Å². The van der Waals surface area contributed by atoms with Crippen molar-refractivity contribution >= 4 is 22.6 Å². The molecule has 0 radical (unpaired) electrons. The number of amides is 1. The van der Waals surface area contributed by atoms with Crippen LogP contribution in [0.3, 0.4) is 0 Å². The third-order valence-corrected chi connectivity index (χ3v) is 4.86. The highest BCUT2D eigenvalue weighted by Gasteiger charge is 2.20. The van der Waals surface area contributed by atoms with Crippen LogP contribution in [0.2, 0.25) is 0 Å². The number of carbonyl (C=O) groups excluding carboxylic acids is 1. The molecular weight excluding hydrogens is 372 g/mol. The maximum Gasteiger partial charge on any atom is 0.238 e. The number of benzene rings is 2.